The highest BCUT2D eigenvalue weighted by atomic mass is 79.9. The Morgan fingerprint density at radius 1 is 1.14 bits per heavy atom. The molecule has 0 aromatic carbocycles. The third-order valence-corrected chi connectivity index (χ3v) is 4.87. The van der Waals surface area contributed by atoms with Gasteiger partial charge in [-0.1, -0.05) is 0 Å². The van der Waals surface area contributed by atoms with E-state index < -0.39 is 0 Å². The molecule has 4 heterocycles. The molecule has 4 rings (SSSR count). The normalized spacial score (nSPS) is 20.9. The highest BCUT2D eigenvalue weighted by Crippen LogP contribution is 2.31. The minimum atomic E-state index is 0.00501. The number of hydrogen-bond acceptors (Lipinski definition) is 5. The number of halogens is 1. The Kier molecular flexibility index (Phi) is 3.98. The van der Waals surface area contributed by atoms with E-state index in [1.807, 2.05) is 18.5 Å². The summed E-state index contributed by atoms with van der Waals surface area (Å²) in [7, 11) is 0. The van der Waals surface area contributed by atoms with E-state index in [1.54, 1.807) is 0 Å². The molecule has 116 valence electrons. The van der Waals surface area contributed by atoms with Crippen LogP contribution in [0.3, 0.4) is 0 Å². The van der Waals surface area contributed by atoms with E-state index in [4.69, 9.17) is 9.47 Å². The summed E-state index contributed by atoms with van der Waals surface area (Å²) in [6, 6.07) is 4.07. The van der Waals surface area contributed by atoms with Gasteiger partial charge in [0.1, 0.15) is 5.52 Å². The largest absolute Gasteiger partial charge is 0.370 e. The first-order valence-corrected chi connectivity index (χ1v) is 8.49. The Balaban J connectivity index is 1.53. The van der Waals surface area contributed by atoms with Crippen LogP contribution in [0.5, 0.6) is 0 Å². The molecule has 2 aromatic rings. The van der Waals surface area contributed by atoms with Gasteiger partial charge in [-0.05, 0) is 40.9 Å². The number of piperidine rings is 1. The third-order valence-electron chi connectivity index (χ3n) is 4.44. The highest BCUT2D eigenvalue weighted by molar-refractivity contribution is 9.10. The summed E-state index contributed by atoms with van der Waals surface area (Å²) in [5.74, 6) is 0.508. The molecule has 0 radical (unpaired) electrons. The van der Waals surface area contributed by atoms with Crippen molar-refractivity contribution in [3.63, 3.8) is 0 Å². The number of pyridine rings is 2. The summed E-state index contributed by atoms with van der Waals surface area (Å²) in [6.07, 6.45) is 5.88. The van der Waals surface area contributed by atoms with E-state index in [0.717, 1.165) is 54.7 Å². The van der Waals surface area contributed by atoms with Crippen LogP contribution in [-0.2, 0) is 9.47 Å². The summed E-state index contributed by atoms with van der Waals surface area (Å²) in [5.41, 5.74) is 3.07. The minimum absolute atomic E-state index is 0.00501. The zero-order valence-electron chi connectivity index (χ0n) is 12.2. The van der Waals surface area contributed by atoms with Gasteiger partial charge < -0.3 is 14.4 Å². The van der Waals surface area contributed by atoms with Crippen molar-refractivity contribution in [3.05, 3.63) is 29.0 Å². The van der Waals surface area contributed by atoms with Crippen molar-refractivity contribution in [2.24, 2.45) is 5.92 Å². The topological polar surface area (TPSA) is 47.5 Å². The lowest BCUT2D eigenvalue weighted by Crippen LogP contribution is -2.38. The molecule has 0 spiro atoms. The van der Waals surface area contributed by atoms with E-state index in [2.05, 4.69) is 36.9 Å². The zero-order chi connectivity index (χ0) is 14.9. The molecule has 0 amide bonds. The molecule has 2 aliphatic heterocycles. The fraction of sp³-hybridized carbons (Fsp3) is 0.500. The molecule has 22 heavy (non-hydrogen) atoms. The van der Waals surface area contributed by atoms with Crippen molar-refractivity contribution < 1.29 is 9.47 Å². The second-order valence-electron chi connectivity index (χ2n) is 5.79. The molecular weight excluding hydrogens is 346 g/mol. The molecule has 0 aliphatic carbocycles. The van der Waals surface area contributed by atoms with Gasteiger partial charge in [0.2, 0.25) is 0 Å². The number of anilines is 1. The smallest absolute Gasteiger partial charge is 0.160 e. The first-order valence-electron chi connectivity index (χ1n) is 7.70. The number of nitrogens with zero attached hydrogens (tertiary/aromatic N) is 3. The molecule has 2 aliphatic rings. The lowest BCUT2D eigenvalue weighted by atomic mass is 9.95. The Labute approximate surface area is 137 Å². The van der Waals surface area contributed by atoms with Gasteiger partial charge in [-0.15, -0.1) is 0 Å². The lowest BCUT2D eigenvalue weighted by molar-refractivity contribution is -0.0889. The predicted molar refractivity (Wildman–Crippen MR) is 87.9 cm³/mol. The van der Waals surface area contributed by atoms with Gasteiger partial charge in [0.25, 0.3) is 0 Å². The maximum Gasteiger partial charge on any atom is 0.160 e. The van der Waals surface area contributed by atoms with Crippen LogP contribution in [0.25, 0.3) is 11.0 Å². The summed E-state index contributed by atoms with van der Waals surface area (Å²) >= 11 is 3.45. The van der Waals surface area contributed by atoms with Gasteiger partial charge >= 0.3 is 0 Å². The summed E-state index contributed by atoms with van der Waals surface area (Å²) < 4.78 is 12.3. The van der Waals surface area contributed by atoms with E-state index in [9.17, 15) is 0 Å². The first kappa shape index (κ1) is 14.4. The minimum Gasteiger partial charge on any atom is -0.370 e. The SMILES string of the molecule is Brc1cnc2c(N3CCC(C4OCCO4)CC3)ccnc2c1. The number of ether oxygens (including phenoxy) is 2. The van der Waals surface area contributed by atoms with Crippen molar-refractivity contribution >= 4 is 32.7 Å². The molecular formula is C16H18BrN3O2. The van der Waals surface area contributed by atoms with Crippen LogP contribution in [0.2, 0.25) is 0 Å². The van der Waals surface area contributed by atoms with Crippen LogP contribution >= 0.6 is 15.9 Å². The molecule has 0 N–H and O–H groups in total. The summed E-state index contributed by atoms with van der Waals surface area (Å²) in [5, 5.41) is 0. The van der Waals surface area contributed by atoms with Crippen LogP contribution in [0.4, 0.5) is 5.69 Å². The molecule has 2 saturated heterocycles. The summed E-state index contributed by atoms with van der Waals surface area (Å²) in [4.78, 5) is 11.4. The van der Waals surface area contributed by atoms with Gasteiger partial charge in [0.15, 0.2) is 6.29 Å². The molecule has 0 unspecified atom stereocenters. The second kappa shape index (κ2) is 6.10. The van der Waals surface area contributed by atoms with Gasteiger partial charge in [-0.3, -0.25) is 9.97 Å². The van der Waals surface area contributed by atoms with Gasteiger partial charge in [-0.2, -0.15) is 0 Å². The number of hydrogen-bond donors (Lipinski definition) is 0. The maximum absolute atomic E-state index is 5.65. The van der Waals surface area contributed by atoms with Crippen LogP contribution in [-0.4, -0.2) is 42.6 Å². The average molecular weight is 364 g/mol. The average Bonchev–Trinajstić information content (AvgIpc) is 3.09. The van der Waals surface area contributed by atoms with Gasteiger partial charge in [0.05, 0.1) is 24.4 Å². The fourth-order valence-electron chi connectivity index (χ4n) is 3.31. The van der Waals surface area contributed by atoms with E-state index >= 15 is 0 Å². The Bertz CT molecular complexity index is 667. The lowest BCUT2D eigenvalue weighted by Gasteiger charge is -2.35. The standard InChI is InChI=1S/C16H18BrN3O2/c17-12-9-13-15(19-10-12)14(1-4-18-13)20-5-2-11(3-6-20)16-21-7-8-22-16/h1,4,9-11,16H,2-3,5-8H2. The second-order valence-corrected chi connectivity index (χ2v) is 6.70. The highest BCUT2D eigenvalue weighted by Gasteiger charge is 2.30. The molecule has 6 heteroatoms. The number of rotatable bonds is 2. The van der Waals surface area contributed by atoms with Crippen molar-refractivity contribution in [1.29, 1.82) is 0 Å². The van der Waals surface area contributed by atoms with Crippen LogP contribution in [0.15, 0.2) is 29.0 Å². The van der Waals surface area contributed by atoms with E-state index in [0.29, 0.717) is 5.92 Å². The number of aromatic nitrogens is 2. The summed E-state index contributed by atoms with van der Waals surface area (Å²) in [6.45, 7) is 3.48. The Morgan fingerprint density at radius 2 is 1.91 bits per heavy atom. The first-order chi connectivity index (χ1) is 10.8. The molecule has 5 nitrogen and oxygen atoms in total. The number of fused-ring (bicyclic) bond motifs is 1. The van der Waals surface area contributed by atoms with Crippen LogP contribution in [0.1, 0.15) is 12.8 Å². The van der Waals surface area contributed by atoms with E-state index in [1.165, 1.54) is 5.69 Å². The molecule has 0 saturated carbocycles. The van der Waals surface area contributed by atoms with Crippen molar-refractivity contribution in [1.82, 2.24) is 9.97 Å². The zero-order valence-corrected chi connectivity index (χ0v) is 13.8. The Morgan fingerprint density at radius 3 is 2.68 bits per heavy atom. The van der Waals surface area contributed by atoms with Crippen LogP contribution < -0.4 is 4.90 Å². The van der Waals surface area contributed by atoms with Crippen LogP contribution in [0, 0.1) is 5.92 Å². The quantitative estimate of drug-likeness (QED) is 0.820. The predicted octanol–water partition coefficient (Wildman–Crippen LogP) is 2.98. The van der Waals surface area contributed by atoms with Crippen molar-refractivity contribution in [2.45, 2.75) is 19.1 Å². The van der Waals surface area contributed by atoms with Gasteiger partial charge in [-0.25, -0.2) is 0 Å². The third kappa shape index (κ3) is 2.71. The van der Waals surface area contributed by atoms with E-state index in [-0.39, 0.29) is 6.29 Å². The Hall–Kier alpha value is -1.24. The van der Waals surface area contributed by atoms with Crippen molar-refractivity contribution in [3.8, 4) is 0 Å². The van der Waals surface area contributed by atoms with Gasteiger partial charge in [0, 0.05) is 35.9 Å². The molecule has 0 bridgehead atoms. The molecule has 0 atom stereocenters. The molecule has 2 fully saturated rings. The fourth-order valence-corrected chi connectivity index (χ4v) is 3.63. The molecule has 2 aromatic heterocycles. The maximum atomic E-state index is 5.65. The monoisotopic (exact) mass is 363 g/mol. The van der Waals surface area contributed by atoms with Crippen molar-refractivity contribution in [2.75, 3.05) is 31.2 Å².